The summed E-state index contributed by atoms with van der Waals surface area (Å²) in [4.78, 5) is 11.3. The van der Waals surface area contributed by atoms with Gasteiger partial charge in [0.2, 0.25) is 0 Å². The van der Waals surface area contributed by atoms with Gasteiger partial charge in [-0.1, -0.05) is 18.2 Å². The number of Topliss-reactive ketones (excluding diaryl/α,β-unsaturated/α-hetero) is 1. The van der Waals surface area contributed by atoms with Gasteiger partial charge in [0.25, 0.3) is 0 Å². The highest BCUT2D eigenvalue weighted by Crippen LogP contribution is 2.39. The Balaban J connectivity index is 2.04. The lowest BCUT2D eigenvalue weighted by molar-refractivity contribution is -0.148. The second-order valence-corrected chi connectivity index (χ2v) is 4.27. The summed E-state index contributed by atoms with van der Waals surface area (Å²) >= 11 is 0. The largest absolute Gasteiger partial charge is 0.489 e. The molecule has 14 heavy (non-hydrogen) atoms. The van der Waals surface area contributed by atoms with Gasteiger partial charge in [0.1, 0.15) is 17.6 Å². The average Bonchev–Trinajstić information content (AvgIpc) is 2.19. The van der Waals surface area contributed by atoms with E-state index in [-0.39, 0.29) is 11.5 Å². The molecule has 1 fully saturated rings. The molecule has 0 heterocycles. The van der Waals surface area contributed by atoms with Crippen molar-refractivity contribution in [3.05, 3.63) is 30.3 Å². The molecule has 1 aliphatic rings. The van der Waals surface area contributed by atoms with Crippen molar-refractivity contribution in [1.82, 2.24) is 0 Å². The molecule has 0 radical (unpaired) electrons. The van der Waals surface area contributed by atoms with E-state index in [0.717, 1.165) is 5.75 Å². The van der Waals surface area contributed by atoms with E-state index >= 15 is 0 Å². The summed E-state index contributed by atoms with van der Waals surface area (Å²) in [6.45, 7) is 3.87. The third-order valence-electron chi connectivity index (χ3n) is 2.92. The van der Waals surface area contributed by atoms with Crippen LogP contribution >= 0.6 is 0 Å². The van der Waals surface area contributed by atoms with Crippen LogP contribution in [-0.4, -0.2) is 11.9 Å². The second-order valence-electron chi connectivity index (χ2n) is 4.27. The van der Waals surface area contributed by atoms with E-state index in [9.17, 15) is 4.79 Å². The van der Waals surface area contributed by atoms with Crippen LogP contribution in [0.5, 0.6) is 5.75 Å². The maximum atomic E-state index is 11.3. The minimum Gasteiger partial charge on any atom is -0.489 e. The third-order valence-corrected chi connectivity index (χ3v) is 2.92. The average molecular weight is 190 g/mol. The molecule has 0 amide bonds. The van der Waals surface area contributed by atoms with Crippen molar-refractivity contribution in [2.75, 3.05) is 0 Å². The Morgan fingerprint density at radius 3 is 2.43 bits per heavy atom. The van der Waals surface area contributed by atoms with Gasteiger partial charge in [-0.2, -0.15) is 0 Å². The highest BCUT2D eigenvalue weighted by atomic mass is 16.5. The molecule has 74 valence electrons. The van der Waals surface area contributed by atoms with Crippen molar-refractivity contribution in [2.24, 2.45) is 5.41 Å². The van der Waals surface area contributed by atoms with Crippen LogP contribution in [0.25, 0.3) is 0 Å². The normalized spacial score (nSPS) is 24.1. The Kier molecular flexibility index (Phi) is 2.06. The van der Waals surface area contributed by atoms with Gasteiger partial charge in [-0.05, 0) is 26.0 Å². The highest BCUT2D eigenvalue weighted by molar-refractivity contribution is 5.91. The smallest absolute Gasteiger partial charge is 0.145 e. The van der Waals surface area contributed by atoms with E-state index in [1.165, 1.54) is 0 Å². The standard InChI is InChI=1S/C12H14O2/c1-12(2)10(13)8-11(12)14-9-6-4-3-5-7-9/h3-7,11H,8H2,1-2H3/t11-/m1/s1. The summed E-state index contributed by atoms with van der Waals surface area (Å²) in [6.07, 6.45) is 0.583. The van der Waals surface area contributed by atoms with E-state index < -0.39 is 0 Å². The van der Waals surface area contributed by atoms with Crippen LogP contribution in [-0.2, 0) is 4.79 Å². The van der Waals surface area contributed by atoms with Gasteiger partial charge in [-0.25, -0.2) is 0 Å². The number of benzene rings is 1. The highest BCUT2D eigenvalue weighted by Gasteiger charge is 2.49. The van der Waals surface area contributed by atoms with Crippen LogP contribution in [0, 0.1) is 5.41 Å². The number of hydrogen-bond acceptors (Lipinski definition) is 2. The van der Waals surface area contributed by atoms with Gasteiger partial charge < -0.3 is 4.74 Å². The first-order valence-corrected chi connectivity index (χ1v) is 4.86. The molecule has 2 heteroatoms. The number of rotatable bonds is 2. The van der Waals surface area contributed by atoms with Crippen LogP contribution in [0.15, 0.2) is 30.3 Å². The Labute approximate surface area is 83.9 Å². The maximum absolute atomic E-state index is 11.3. The van der Waals surface area contributed by atoms with E-state index in [1.807, 2.05) is 44.2 Å². The van der Waals surface area contributed by atoms with Gasteiger partial charge >= 0.3 is 0 Å². The molecule has 0 saturated heterocycles. The summed E-state index contributed by atoms with van der Waals surface area (Å²) in [5.74, 6) is 1.14. The van der Waals surface area contributed by atoms with Crippen molar-refractivity contribution in [3.63, 3.8) is 0 Å². The molecule has 2 rings (SSSR count). The van der Waals surface area contributed by atoms with Gasteiger partial charge in [0.15, 0.2) is 0 Å². The van der Waals surface area contributed by atoms with Crippen molar-refractivity contribution in [1.29, 1.82) is 0 Å². The molecule has 0 bridgehead atoms. The Morgan fingerprint density at radius 1 is 1.29 bits per heavy atom. The van der Waals surface area contributed by atoms with Crippen LogP contribution in [0.1, 0.15) is 20.3 Å². The van der Waals surface area contributed by atoms with E-state index in [1.54, 1.807) is 0 Å². The number of hydrogen-bond donors (Lipinski definition) is 0. The molecular formula is C12H14O2. The van der Waals surface area contributed by atoms with Crippen molar-refractivity contribution in [2.45, 2.75) is 26.4 Å². The van der Waals surface area contributed by atoms with Gasteiger partial charge in [-0.3, -0.25) is 4.79 Å². The van der Waals surface area contributed by atoms with Crippen LogP contribution in [0.2, 0.25) is 0 Å². The maximum Gasteiger partial charge on any atom is 0.145 e. The minimum atomic E-state index is -0.310. The molecule has 0 unspecified atom stereocenters. The molecule has 0 aromatic heterocycles. The predicted molar refractivity (Wildman–Crippen MR) is 54.3 cm³/mol. The first kappa shape index (κ1) is 9.25. The molecule has 1 atom stereocenters. The molecule has 1 aliphatic carbocycles. The molecule has 1 saturated carbocycles. The van der Waals surface area contributed by atoms with E-state index in [2.05, 4.69) is 0 Å². The second kappa shape index (κ2) is 3.12. The Hall–Kier alpha value is -1.31. The first-order chi connectivity index (χ1) is 6.60. The zero-order valence-corrected chi connectivity index (χ0v) is 8.49. The molecule has 0 N–H and O–H groups in total. The fourth-order valence-corrected chi connectivity index (χ4v) is 1.59. The van der Waals surface area contributed by atoms with Gasteiger partial charge in [0, 0.05) is 6.42 Å². The lowest BCUT2D eigenvalue weighted by Gasteiger charge is -2.41. The van der Waals surface area contributed by atoms with E-state index in [0.29, 0.717) is 12.2 Å². The quantitative estimate of drug-likeness (QED) is 0.716. The SMILES string of the molecule is CC1(C)C(=O)C[C@H]1Oc1ccccc1. The molecule has 0 spiro atoms. The lowest BCUT2D eigenvalue weighted by atomic mass is 9.68. The number of ketones is 1. The predicted octanol–water partition coefficient (Wildman–Crippen LogP) is 2.43. The monoisotopic (exact) mass is 190 g/mol. The Morgan fingerprint density at radius 2 is 1.93 bits per heavy atom. The lowest BCUT2D eigenvalue weighted by Crippen LogP contribution is -2.52. The van der Waals surface area contributed by atoms with Crippen molar-refractivity contribution >= 4 is 5.78 Å². The minimum absolute atomic E-state index is 0.0393. The topological polar surface area (TPSA) is 26.3 Å². The summed E-state index contributed by atoms with van der Waals surface area (Å²) in [6, 6.07) is 9.65. The Bertz CT molecular complexity index is 341. The van der Waals surface area contributed by atoms with Gasteiger partial charge in [0.05, 0.1) is 5.41 Å². The molecule has 1 aromatic rings. The van der Waals surface area contributed by atoms with Crippen LogP contribution in [0.3, 0.4) is 0 Å². The first-order valence-electron chi connectivity index (χ1n) is 4.86. The molecule has 2 nitrogen and oxygen atoms in total. The summed E-state index contributed by atoms with van der Waals surface area (Å²) < 4.78 is 5.72. The van der Waals surface area contributed by atoms with Crippen molar-refractivity contribution < 1.29 is 9.53 Å². The molecule has 1 aromatic carbocycles. The van der Waals surface area contributed by atoms with E-state index in [4.69, 9.17) is 4.74 Å². The van der Waals surface area contributed by atoms with Gasteiger partial charge in [-0.15, -0.1) is 0 Å². The number of ether oxygens (including phenoxy) is 1. The molecule has 0 aliphatic heterocycles. The summed E-state index contributed by atoms with van der Waals surface area (Å²) in [7, 11) is 0. The van der Waals surface area contributed by atoms with Crippen LogP contribution in [0.4, 0.5) is 0 Å². The fraction of sp³-hybridized carbons (Fsp3) is 0.417. The molecular weight excluding hydrogens is 176 g/mol. The zero-order valence-electron chi connectivity index (χ0n) is 8.49. The number of carbonyl (C=O) groups excluding carboxylic acids is 1. The fourth-order valence-electron chi connectivity index (χ4n) is 1.59. The summed E-state index contributed by atoms with van der Waals surface area (Å²) in [5, 5.41) is 0. The number of para-hydroxylation sites is 1. The summed E-state index contributed by atoms with van der Waals surface area (Å²) in [5.41, 5.74) is -0.310. The number of carbonyl (C=O) groups is 1. The third kappa shape index (κ3) is 1.41. The van der Waals surface area contributed by atoms with Crippen molar-refractivity contribution in [3.8, 4) is 5.75 Å². The van der Waals surface area contributed by atoms with Crippen LogP contribution < -0.4 is 4.74 Å². The zero-order chi connectivity index (χ0) is 10.2.